The molecule has 0 aromatic carbocycles. The predicted octanol–water partition coefficient (Wildman–Crippen LogP) is 16.5. The zero-order valence-electron chi connectivity index (χ0n) is 39.5. The maximum Gasteiger partial charge on any atom is 0.306 e. The van der Waals surface area contributed by atoms with Crippen molar-refractivity contribution >= 4 is 17.9 Å². The van der Waals surface area contributed by atoms with Gasteiger partial charge in [0.2, 0.25) is 0 Å². The molecule has 1 unspecified atom stereocenters. The molecule has 0 heterocycles. The number of ether oxygens (including phenoxy) is 3. The molecule has 0 aromatic rings. The van der Waals surface area contributed by atoms with Crippen molar-refractivity contribution in [2.45, 2.75) is 252 Å². The smallest absolute Gasteiger partial charge is 0.306 e. The van der Waals surface area contributed by atoms with Crippen molar-refractivity contribution in [2.24, 2.45) is 0 Å². The third-order valence-corrected chi connectivity index (χ3v) is 10.7. The average Bonchev–Trinajstić information content (AvgIpc) is 3.24. The van der Waals surface area contributed by atoms with Crippen molar-refractivity contribution in [2.75, 3.05) is 13.2 Å². The van der Waals surface area contributed by atoms with E-state index in [-0.39, 0.29) is 31.1 Å². The summed E-state index contributed by atoms with van der Waals surface area (Å²) in [6.07, 6.45) is 59.1. The minimum absolute atomic E-state index is 0.0890. The number of hydrogen-bond acceptors (Lipinski definition) is 6. The Hall–Kier alpha value is -2.89. The molecule has 6 heteroatoms. The Morgan fingerprint density at radius 2 is 0.633 bits per heavy atom. The Labute approximate surface area is 370 Å². The van der Waals surface area contributed by atoms with E-state index in [1.165, 1.54) is 89.9 Å². The summed E-state index contributed by atoms with van der Waals surface area (Å²) in [4.78, 5) is 37.9. The largest absolute Gasteiger partial charge is 0.462 e. The number of esters is 3. The summed E-state index contributed by atoms with van der Waals surface area (Å²) >= 11 is 0. The second kappa shape index (κ2) is 48.8. The van der Waals surface area contributed by atoms with Gasteiger partial charge in [-0.05, 0) is 103 Å². The fourth-order valence-corrected chi connectivity index (χ4v) is 6.86. The maximum atomic E-state index is 12.8. The molecule has 0 aromatic heterocycles. The number of rotatable bonds is 45. The second-order valence-electron chi connectivity index (χ2n) is 16.7. The lowest BCUT2D eigenvalue weighted by Crippen LogP contribution is -2.30. The highest BCUT2D eigenvalue weighted by Crippen LogP contribution is 2.13. The molecule has 0 rings (SSSR count). The molecular formula is C54H94O6. The lowest BCUT2D eigenvalue weighted by atomic mass is 10.1. The van der Waals surface area contributed by atoms with E-state index in [4.69, 9.17) is 14.2 Å². The summed E-state index contributed by atoms with van der Waals surface area (Å²) in [5.74, 6) is -0.924. The Morgan fingerprint density at radius 1 is 0.333 bits per heavy atom. The van der Waals surface area contributed by atoms with Gasteiger partial charge >= 0.3 is 17.9 Å². The first-order valence-corrected chi connectivity index (χ1v) is 25.3. The summed E-state index contributed by atoms with van der Waals surface area (Å²) < 4.78 is 16.7. The van der Waals surface area contributed by atoms with Crippen LogP contribution >= 0.6 is 0 Å². The van der Waals surface area contributed by atoms with Gasteiger partial charge in [-0.1, -0.05) is 184 Å². The molecule has 0 amide bonds. The van der Waals surface area contributed by atoms with Crippen LogP contribution in [0.25, 0.3) is 0 Å². The van der Waals surface area contributed by atoms with Crippen LogP contribution in [-0.4, -0.2) is 37.2 Å². The lowest BCUT2D eigenvalue weighted by molar-refractivity contribution is -0.167. The third-order valence-electron chi connectivity index (χ3n) is 10.7. The Bertz CT molecular complexity index is 1100. The van der Waals surface area contributed by atoms with Crippen molar-refractivity contribution in [3.05, 3.63) is 60.8 Å². The molecule has 0 fully saturated rings. The molecule has 0 aliphatic rings. The number of carbonyl (C=O) groups excluding carboxylic acids is 3. The van der Waals surface area contributed by atoms with Gasteiger partial charge in [0.05, 0.1) is 0 Å². The van der Waals surface area contributed by atoms with Crippen LogP contribution in [0, 0.1) is 0 Å². The van der Waals surface area contributed by atoms with E-state index in [1.807, 2.05) is 0 Å². The Kier molecular flexibility index (Phi) is 46.4. The van der Waals surface area contributed by atoms with Gasteiger partial charge in [0, 0.05) is 19.3 Å². The van der Waals surface area contributed by atoms with Crippen LogP contribution in [0.2, 0.25) is 0 Å². The molecule has 1 atom stereocenters. The molecule has 0 radical (unpaired) electrons. The SMILES string of the molecule is CCC/C=C\C/C=C\CCCCCCCC(=O)OC(COC(=O)CCCCCCC/C=C\C/C=C\CCCCCC)COC(=O)CCCCCCC/C=C\CCCCCC. The van der Waals surface area contributed by atoms with Gasteiger partial charge in [-0.3, -0.25) is 14.4 Å². The summed E-state index contributed by atoms with van der Waals surface area (Å²) in [5.41, 5.74) is 0. The topological polar surface area (TPSA) is 78.9 Å². The monoisotopic (exact) mass is 839 g/mol. The van der Waals surface area contributed by atoms with E-state index >= 15 is 0 Å². The van der Waals surface area contributed by atoms with Crippen molar-refractivity contribution in [3.8, 4) is 0 Å². The molecule has 6 nitrogen and oxygen atoms in total. The average molecular weight is 839 g/mol. The van der Waals surface area contributed by atoms with Crippen molar-refractivity contribution < 1.29 is 28.6 Å². The molecule has 346 valence electrons. The van der Waals surface area contributed by atoms with Crippen LogP contribution in [0.4, 0.5) is 0 Å². The van der Waals surface area contributed by atoms with Gasteiger partial charge in [0.15, 0.2) is 6.10 Å². The van der Waals surface area contributed by atoms with Crippen molar-refractivity contribution in [3.63, 3.8) is 0 Å². The standard InChI is InChI=1S/C54H94O6/c1-4-7-10-13-16-19-22-25-26-27-30-32-35-38-41-44-47-53(56)59-50-51(60-54(57)48-45-42-39-36-33-29-24-21-18-15-12-9-6-3)49-58-52(55)46-43-40-37-34-31-28-23-20-17-14-11-8-5-2/h12,15,19-24,26-27,51H,4-11,13-14,16-18,25,28-50H2,1-3H3/b15-12-,22-19-,23-20-,24-21-,27-26-. The maximum absolute atomic E-state index is 12.8. The molecule has 0 bridgehead atoms. The fraction of sp³-hybridized carbons (Fsp3) is 0.759. The molecule has 0 aliphatic heterocycles. The van der Waals surface area contributed by atoms with Crippen LogP contribution in [0.15, 0.2) is 60.8 Å². The minimum atomic E-state index is -0.789. The first-order valence-electron chi connectivity index (χ1n) is 25.3. The summed E-state index contributed by atoms with van der Waals surface area (Å²) in [6.45, 7) is 6.51. The van der Waals surface area contributed by atoms with Crippen molar-refractivity contribution in [1.82, 2.24) is 0 Å². The molecule has 0 aliphatic carbocycles. The van der Waals surface area contributed by atoms with Gasteiger partial charge in [-0.25, -0.2) is 0 Å². The molecule has 0 spiro atoms. The third kappa shape index (κ3) is 46.2. The van der Waals surface area contributed by atoms with Crippen LogP contribution in [-0.2, 0) is 28.6 Å². The summed E-state index contributed by atoms with van der Waals surface area (Å²) in [7, 11) is 0. The van der Waals surface area contributed by atoms with E-state index in [1.54, 1.807) is 0 Å². The number of allylic oxidation sites excluding steroid dienone is 10. The number of carbonyl (C=O) groups is 3. The normalized spacial score (nSPS) is 12.5. The molecular weight excluding hydrogens is 745 g/mol. The van der Waals surface area contributed by atoms with Gasteiger partial charge < -0.3 is 14.2 Å². The first kappa shape index (κ1) is 57.1. The van der Waals surface area contributed by atoms with Crippen LogP contribution in [0.1, 0.15) is 245 Å². The second-order valence-corrected chi connectivity index (χ2v) is 16.7. The van der Waals surface area contributed by atoms with E-state index in [9.17, 15) is 14.4 Å². The molecule has 60 heavy (non-hydrogen) atoms. The molecule has 0 saturated heterocycles. The predicted molar refractivity (Wildman–Crippen MR) is 256 cm³/mol. The highest BCUT2D eigenvalue weighted by Gasteiger charge is 2.19. The minimum Gasteiger partial charge on any atom is -0.462 e. The van der Waals surface area contributed by atoms with Crippen molar-refractivity contribution in [1.29, 1.82) is 0 Å². The molecule has 0 saturated carbocycles. The summed E-state index contributed by atoms with van der Waals surface area (Å²) in [5, 5.41) is 0. The molecule has 0 N–H and O–H groups in total. The van der Waals surface area contributed by atoms with Crippen LogP contribution in [0.3, 0.4) is 0 Å². The van der Waals surface area contributed by atoms with E-state index in [0.29, 0.717) is 19.3 Å². The highest BCUT2D eigenvalue weighted by atomic mass is 16.6. The van der Waals surface area contributed by atoms with E-state index in [0.717, 1.165) is 116 Å². The van der Waals surface area contributed by atoms with Gasteiger partial charge in [0.25, 0.3) is 0 Å². The van der Waals surface area contributed by atoms with Crippen LogP contribution in [0.5, 0.6) is 0 Å². The van der Waals surface area contributed by atoms with E-state index in [2.05, 4.69) is 81.5 Å². The number of hydrogen-bond donors (Lipinski definition) is 0. The number of unbranched alkanes of at least 4 members (excludes halogenated alkanes) is 24. The van der Waals surface area contributed by atoms with Crippen LogP contribution < -0.4 is 0 Å². The van der Waals surface area contributed by atoms with Gasteiger partial charge in [-0.15, -0.1) is 0 Å². The van der Waals surface area contributed by atoms with E-state index < -0.39 is 6.10 Å². The zero-order chi connectivity index (χ0) is 43.7. The zero-order valence-corrected chi connectivity index (χ0v) is 39.5. The van der Waals surface area contributed by atoms with Gasteiger partial charge in [-0.2, -0.15) is 0 Å². The lowest BCUT2D eigenvalue weighted by Gasteiger charge is -2.18. The van der Waals surface area contributed by atoms with Gasteiger partial charge in [0.1, 0.15) is 13.2 Å². The Balaban J connectivity index is 4.42. The summed E-state index contributed by atoms with van der Waals surface area (Å²) in [6, 6.07) is 0. The highest BCUT2D eigenvalue weighted by molar-refractivity contribution is 5.71. The Morgan fingerprint density at radius 3 is 1.00 bits per heavy atom. The fourth-order valence-electron chi connectivity index (χ4n) is 6.86. The first-order chi connectivity index (χ1) is 29.5. The quantitative estimate of drug-likeness (QED) is 0.0263.